The minimum atomic E-state index is -0.247. The first kappa shape index (κ1) is 14.1. The first-order valence-corrected chi connectivity index (χ1v) is 6.93. The predicted octanol–water partition coefficient (Wildman–Crippen LogP) is -0.703. The number of nitrogens with two attached hydrogens (primary N) is 2. The smallest absolute Gasteiger partial charge is 0.308 e. The average molecular weight is 300 g/mol. The molecule has 0 amide bonds. The molecule has 0 bridgehead atoms. The van der Waals surface area contributed by atoms with Crippen molar-refractivity contribution in [3.8, 4) is 0 Å². The molecule has 0 spiro atoms. The third kappa shape index (κ3) is 2.18. The van der Waals surface area contributed by atoms with Gasteiger partial charge >= 0.3 is 11.9 Å². The van der Waals surface area contributed by atoms with Crippen LogP contribution in [0.4, 0.5) is 11.9 Å². The number of rotatable bonds is 3. The third-order valence-corrected chi connectivity index (χ3v) is 3.79. The zero-order valence-corrected chi connectivity index (χ0v) is 12.9. The van der Waals surface area contributed by atoms with Gasteiger partial charge in [0.2, 0.25) is 18.8 Å². The summed E-state index contributed by atoms with van der Waals surface area (Å²) in [6.45, 7) is 2.05. The Morgan fingerprint density at radius 1 is 0.909 bits per heavy atom. The molecule has 3 aromatic rings. The molecular formula is C14H20N8+2. The molecule has 3 rings (SSSR count). The summed E-state index contributed by atoms with van der Waals surface area (Å²) in [7, 11) is 3.60. The van der Waals surface area contributed by atoms with Gasteiger partial charge in [-0.1, -0.05) is 29.8 Å². The van der Waals surface area contributed by atoms with Crippen LogP contribution in [0.1, 0.15) is 17.3 Å². The number of hydrogen-bond donors (Lipinski definition) is 2. The van der Waals surface area contributed by atoms with E-state index in [-0.39, 0.29) is 6.17 Å². The van der Waals surface area contributed by atoms with Crippen LogP contribution in [0.15, 0.2) is 36.9 Å². The van der Waals surface area contributed by atoms with E-state index in [0.717, 1.165) is 5.56 Å². The fourth-order valence-corrected chi connectivity index (χ4v) is 2.41. The Morgan fingerprint density at radius 2 is 1.36 bits per heavy atom. The first-order chi connectivity index (χ1) is 10.5. The van der Waals surface area contributed by atoms with Crippen LogP contribution < -0.4 is 20.6 Å². The molecule has 2 heterocycles. The second-order valence-corrected chi connectivity index (χ2v) is 5.32. The lowest BCUT2D eigenvalue weighted by atomic mass is 10.1. The van der Waals surface area contributed by atoms with Gasteiger partial charge in [-0.2, -0.15) is 9.13 Å². The third-order valence-electron chi connectivity index (χ3n) is 3.79. The van der Waals surface area contributed by atoms with E-state index in [1.54, 1.807) is 36.1 Å². The Labute approximate surface area is 128 Å². The number of aryl methyl sites for hydroxylation is 3. The fourth-order valence-electron chi connectivity index (χ4n) is 2.41. The number of aromatic nitrogens is 6. The van der Waals surface area contributed by atoms with Gasteiger partial charge in [-0.25, -0.2) is 0 Å². The number of nitrogen functional groups attached to an aromatic ring is 2. The quantitative estimate of drug-likeness (QED) is 0.625. The molecular weight excluding hydrogens is 280 g/mol. The van der Waals surface area contributed by atoms with Crippen LogP contribution in [0.3, 0.4) is 0 Å². The molecule has 0 aliphatic heterocycles. The van der Waals surface area contributed by atoms with Crippen molar-refractivity contribution in [1.29, 1.82) is 0 Å². The van der Waals surface area contributed by atoms with E-state index >= 15 is 0 Å². The van der Waals surface area contributed by atoms with Crippen LogP contribution in [0, 0.1) is 6.92 Å². The van der Waals surface area contributed by atoms with Crippen LogP contribution in [0.25, 0.3) is 0 Å². The molecule has 1 aromatic carbocycles. The second kappa shape index (κ2) is 5.14. The van der Waals surface area contributed by atoms with Crippen molar-refractivity contribution in [2.75, 3.05) is 11.5 Å². The topological polar surface area (TPSA) is 95.4 Å². The van der Waals surface area contributed by atoms with Gasteiger partial charge in [0.15, 0.2) is 0 Å². The van der Waals surface area contributed by atoms with Gasteiger partial charge in [-0.3, -0.25) is 0 Å². The summed E-state index contributed by atoms with van der Waals surface area (Å²) in [5.41, 5.74) is 14.5. The molecule has 0 unspecified atom stereocenters. The lowest BCUT2D eigenvalue weighted by molar-refractivity contribution is -0.922. The highest BCUT2D eigenvalue weighted by molar-refractivity contribution is 5.22. The standard InChI is InChI=1S/C14H18N8/c1-10-4-6-11(7-5-10)12(21-8-17-19(2)13(21)15)22-9-18-20(3)14(22)16/h4-9,12,15-16H,1-3H3/p+2. The molecule has 8 nitrogen and oxygen atoms in total. The minimum Gasteiger partial charge on any atom is -0.308 e. The number of hydrogen-bond acceptors (Lipinski definition) is 4. The molecule has 0 aliphatic carbocycles. The van der Waals surface area contributed by atoms with E-state index in [9.17, 15) is 0 Å². The van der Waals surface area contributed by atoms with Crippen molar-refractivity contribution in [2.45, 2.75) is 13.1 Å². The summed E-state index contributed by atoms with van der Waals surface area (Å²) >= 11 is 0. The van der Waals surface area contributed by atoms with E-state index in [1.807, 2.05) is 9.13 Å². The van der Waals surface area contributed by atoms with Gasteiger partial charge in [0, 0.05) is 5.56 Å². The molecule has 0 atom stereocenters. The summed E-state index contributed by atoms with van der Waals surface area (Å²) in [6.07, 6.45) is 3.14. The van der Waals surface area contributed by atoms with Gasteiger partial charge in [0.25, 0.3) is 0 Å². The molecule has 22 heavy (non-hydrogen) atoms. The Balaban J connectivity index is 2.20. The van der Waals surface area contributed by atoms with Crippen molar-refractivity contribution < 1.29 is 9.13 Å². The normalized spacial score (nSPS) is 11.3. The molecule has 4 N–H and O–H groups in total. The zero-order chi connectivity index (χ0) is 15.9. The molecule has 114 valence electrons. The van der Waals surface area contributed by atoms with E-state index < -0.39 is 0 Å². The Hall–Kier alpha value is -2.90. The Kier molecular flexibility index (Phi) is 3.28. The van der Waals surface area contributed by atoms with Crippen LogP contribution in [0.2, 0.25) is 0 Å². The van der Waals surface area contributed by atoms with Crippen molar-refractivity contribution >= 4 is 11.9 Å². The predicted molar refractivity (Wildman–Crippen MR) is 80.3 cm³/mol. The van der Waals surface area contributed by atoms with Crippen molar-refractivity contribution in [3.63, 3.8) is 0 Å². The average Bonchev–Trinajstić information content (AvgIpc) is 3.00. The van der Waals surface area contributed by atoms with Crippen LogP contribution in [-0.2, 0) is 14.1 Å². The maximum atomic E-state index is 6.15. The summed E-state index contributed by atoms with van der Waals surface area (Å²) in [5, 5.41) is 8.43. The van der Waals surface area contributed by atoms with Crippen molar-refractivity contribution in [1.82, 2.24) is 19.6 Å². The fraction of sp³-hybridized carbons (Fsp3) is 0.286. The Morgan fingerprint density at radius 3 is 1.73 bits per heavy atom. The first-order valence-electron chi connectivity index (χ1n) is 6.93. The molecule has 2 aromatic heterocycles. The van der Waals surface area contributed by atoms with Crippen molar-refractivity contribution in [3.05, 3.63) is 48.0 Å². The number of benzene rings is 1. The summed E-state index contributed by atoms with van der Waals surface area (Å²) in [5.74, 6) is 1.06. The van der Waals surface area contributed by atoms with Gasteiger partial charge in [0.05, 0.1) is 14.1 Å². The lowest BCUT2D eigenvalue weighted by Gasteiger charge is -2.15. The lowest BCUT2D eigenvalue weighted by Crippen LogP contribution is -2.58. The summed E-state index contributed by atoms with van der Waals surface area (Å²) < 4.78 is 6.97. The highest BCUT2D eigenvalue weighted by Crippen LogP contribution is 2.13. The molecule has 0 saturated carbocycles. The van der Waals surface area contributed by atoms with E-state index in [1.165, 1.54) is 5.56 Å². The largest absolute Gasteiger partial charge is 0.344 e. The van der Waals surface area contributed by atoms with Crippen LogP contribution in [0.5, 0.6) is 0 Å². The van der Waals surface area contributed by atoms with Gasteiger partial charge < -0.3 is 11.5 Å². The SMILES string of the molecule is Cc1ccc(C([n+]2cnn(C)c2N)[n+]2cnn(C)c2N)cc1. The van der Waals surface area contributed by atoms with E-state index in [4.69, 9.17) is 11.5 Å². The van der Waals surface area contributed by atoms with Gasteiger partial charge in [-0.15, -0.1) is 9.36 Å². The van der Waals surface area contributed by atoms with E-state index in [2.05, 4.69) is 41.4 Å². The second-order valence-electron chi connectivity index (χ2n) is 5.32. The zero-order valence-electron chi connectivity index (χ0n) is 12.9. The number of nitrogens with zero attached hydrogens (tertiary/aromatic N) is 6. The van der Waals surface area contributed by atoms with Gasteiger partial charge in [-0.05, 0) is 17.1 Å². The Bertz CT molecular complexity index is 753. The molecule has 0 aliphatic rings. The number of anilines is 2. The molecule has 0 saturated heterocycles. The minimum absolute atomic E-state index is 0.247. The van der Waals surface area contributed by atoms with E-state index in [0.29, 0.717) is 11.9 Å². The highest BCUT2D eigenvalue weighted by Gasteiger charge is 2.29. The monoisotopic (exact) mass is 300 g/mol. The van der Waals surface area contributed by atoms with Gasteiger partial charge in [0.1, 0.15) is 0 Å². The molecule has 8 heteroatoms. The highest BCUT2D eigenvalue weighted by atomic mass is 15.5. The maximum Gasteiger partial charge on any atom is 0.344 e. The summed E-state index contributed by atoms with van der Waals surface area (Å²) in [4.78, 5) is 0. The van der Waals surface area contributed by atoms with Crippen LogP contribution >= 0.6 is 0 Å². The van der Waals surface area contributed by atoms with Crippen LogP contribution in [-0.4, -0.2) is 19.6 Å². The molecule has 0 radical (unpaired) electrons. The summed E-state index contributed by atoms with van der Waals surface area (Å²) in [6, 6.07) is 8.23. The molecule has 0 fully saturated rings. The van der Waals surface area contributed by atoms with Crippen molar-refractivity contribution in [2.24, 2.45) is 14.1 Å². The maximum absolute atomic E-state index is 6.15.